The Balaban J connectivity index is 1.84. The lowest BCUT2D eigenvalue weighted by molar-refractivity contribution is -0.936. The van der Waals surface area contributed by atoms with Crippen LogP contribution in [-0.2, 0) is 22.5 Å². The van der Waals surface area contributed by atoms with Crippen molar-refractivity contribution in [3.63, 3.8) is 0 Å². The number of carbonyl (C=O) groups is 2. The molecule has 6 heteroatoms. The van der Waals surface area contributed by atoms with Gasteiger partial charge in [-0.25, -0.2) is 4.79 Å². The Morgan fingerprint density at radius 2 is 2.04 bits per heavy atom. The molecule has 1 aromatic heterocycles. The van der Waals surface area contributed by atoms with Gasteiger partial charge in [0, 0.05) is 12.5 Å². The SMILES string of the molecule is CCOC(=O)c1c(NC(=O)/C=C\c2ccccc2)sc2c1CC[NH+](C(C)C)C2. The molecule has 1 amide bonds. The predicted molar refractivity (Wildman–Crippen MR) is 113 cm³/mol. The Bertz CT molecular complexity index is 871. The second-order valence-electron chi connectivity index (χ2n) is 7.15. The van der Waals surface area contributed by atoms with E-state index in [1.54, 1.807) is 13.0 Å². The summed E-state index contributed by atoms with van der Waals surface area (Å²) in [6.45, 7) is 8.37. The third-order valence-electron chi connectivity index (χ3n) is 4.93. The second-order valence-corrected chi connectivity index (χ2v) is 8.26. The minimum Gasteiger partial charge on any atom is -0.462 e. The fourth-order valence-corrected chi connectivity index (χ4v) is 4.68. The van der Waals surface area contributed by atoms with Crippen LogP contribution in [0.15, 0.2) is 36.4 Å². The topological polar surface area (TPSA) is 59.8 Å². The van der Waals surface area contributed by atoms with Crippen molar-refractivity contribution in [2.75, 3.05) is 18.5 Å². The van der Waals surface area contributed by atoms with Crippen LogP contribution in [-0.4, -0.2) is 31.1 Å². The van der Waals surface area contributed by atoms with Gasteiger partial charge in [0.2, 0.25) is 5.91 Å². The van der Waals surface area contributed by atoms with Crippen molar-refractivity contribution in [1.82, 2.24) is 0 Å². The van der Waals surface area contributed by atoms with E-state index in [0.717, 1.165) is 30.6 Å². The second kappa shape index (κ2) is 9.17. The first kappa shape index (κ1) is 20.3. The molecule has 148 valence electrons. The van der Waals surface area contributed by atoms with Gasteiger partial charge in [0.1, 0.15) is 11.5 Å². The maximum Gasteiger partial charge on any atom is 0.341 e. The van der Waals surface area contributed by atoms with E-state index in [1.165, 1.54) is 27.2 Å². The van der Waals surface area contributed by atoms with Crippen LogP contribution in [0, 0.1) is 0 Å². The molecule has 0 radical (unpaired) electrons. The van der Waals surface area contributed by atoms with Crippen LogP contribution >= 0.6 is 11.3 Å². The number of carbonyl (C=O) groups excluding carboxylic acids is 2. The number of nitrogens with one attached hydrogen (secondary N) is 2. The number of fused-ring (bicyclic) bond motifs is 1. The molecule has 1 aromatic carbocycles. The van der Waals surface area contributed by atoms with Gasteiger partial charge in [-0.3, -0.25) is 4.79 Å². The van der Waals surface area contributed by atoms with Crippen molar-refractivity contribution in [2.24, 2.45) is 0 Å². The van der Waals surface area contributed by atoms with Gasteiger partial charge in [0.25, 0.3) is 0 Å². The monoisotopic (exact) mass is 399 g/mol. The van der Waals surface area contributed by atoms with Crippen LogP contribution in [0.25, 0.3) is 6.08 Å². The Morgan fingerprint density at radius 1 is 1.29 bits per heavy atom. The third kappa shape index (κ3) is 4.69. The molecule has 1 atom stereocenters. The fraction of sp³-hybridized carbons (Fsp3) is 0.364. The van der Waals surface area contributed by atoms with E-state index in [9.17, 15) is 9.59 Å². The summed E-state index contributed by atoms with van der Waals surface area (Å²) in [7, 11) is 0. The molecule has 1 aliphatic heterocycles. The number of hydrogen-bond acceptors (Lipinski definition) is 4. The number of anilines is 1. The number of rotatable bonds is 6. The van der Waals surface area contributed by atoms with Crippen molar-refractivity contribution in [2.45, 2.75) is 39.8 Å². The number of quaternary nitrogens is 1. The summed E-state index contributed by atoms with van der Waals surface area (Å²) in [4.78, 5) is 27.7. The minimum atomic E-state index is -0.352. The van der Waals surface area contributed by atoms with Gasteiger partial charge in [0.15, 0.2) is 0 Å². The minimum absolute atomic E-state index is 0.249. The number of thiophene rings is 1. The number of esters is 1. The molecular formula is C22H27N2O3S+. The summed E-state index contributed by atoms with van der Waals surface area (Å²) in [6.07, 6.45) is 4.08. The van der Waals surface area contributed by atoms with Crippen molar-refractivity contribution in [1.29, 1.82) is 0 Å². The number of ether oxygens (including phenoxy) is 1. The molecule has 0 aliphatic carbocycles. The molecule has 28 heavy (non-hydrogen) atoms. The highest BCUT2D eigenvalue weighted by Gasteiger charge is 2.31. The van der Waals surface area contributed by atoms with Crippen LogP contribution < -0.4 is 10.2 Å². The maximum absolute atomic E-state index is 12.6. The van der Waals surface area contributed by atoms with E-state index in [1.807, 2.05) is 30.3 Å². The van der Waals surface area contributed by atoms with E-state index in [2.05, 4.69) is 19.2 Å². The van der Waals surface area contributed by atoms with Gasteiger partial charge in [-0.1, -0.05) is 30.3 Å². The highest BCUT2D eigenvalue weighted by Crippen LogP contribution is 2.35. The maximum atomic E-state index is 12.6. The molecule has 0 saturated heterocycles. The fourth-order valence-electron chi connectivity index (χ4n) is 3.39. The first-order valence-electron chi connectivity index (χ1n) is 9.70. The Kier molecular flexibility index (Phi) is 6.65. The molecule has 1 unspecified atom stereocenters. The van der Waals surface area contributed by atoms with Gasteiger partial charge in [-0.15, -0.1) is 11.3 Å². The first-order valence-corrected chi connectivity index (χ1v) is 10.5. The Morgan fingerprint density at radius 3 is 2.71 bits per heavy atom. The van der Waals surface area contributed by atoms with Crippen LogP contribution in [0.1, 0.15) is 47.1 Å². The molecule has 0 saturated carbocycles. The average Bonchev–Trinajstić information content (AvgIpc) is 3.04. The molecule has 2 heterocycles. The largest absolute Gasteiger partial charge is 0.462 e. The summed E-state index contributed by atoms with van der Waals surface area (Å²) < 4.78 is 5.27. The zero-order valence-corrected chi connectivity index (χ0v) is 17.4. The lowest BCUT2D eigenvalue weighted by Crippen LogP contribution is -3.14. The average molecular weight is 400 g/mol. The normalized spacial score (nSPS) is 16.2. The van der Waals surface area contributed by atoms with E-state index in [-0.39, 0.29) is 11.9 Å². The van der Waals surface area contributed by atoms with E-state index in [4.69, 9.17) is 4.74 Å². The van der Waals surface area contributed by atoms with E-state index >= 15 is 0 Å². The number of amides is 1. The van der Waals surface area contributed by atoms with Gasteiger partial charge >= 0.3 is 5.97 Å². The third-order valence-corrected chi connectivity index (χ3v) is 6.08. The molecule has 1 aliphatic rings. The molecule has 0 bridgehead atoms. The molecular weight excluding hydrogens is 372 g/mol. The lowest BCUT2D eigenvalue weighted by Gasteiger charge is -2.27. The number of benzene rings is 1. The summed E-state index contributed by atoms with van der Waals surface area (Å²) in [5.74, 6) is -0.601. The van der Waals surface area contributed by atoms with Crippen LogP contribution in [0.4, 0.5) is 5.00 Å². The summed E-state index contributed by atoms with van der Waals surface area (Å²) in [5, 5.41) is 3.50. The van der Waals surface area contributed by atoms with Gasteiger partial charge < -0.3 is 15.0 Å². The van der Waals surface area contributed by atoms with Crippen molar-refractivity contribution < 1.29 is 19.2 Å². The smallest absolute Gasteiger partial charge is 0.341 e. The predicted octanol–water partition coefficient (Wildman–Crippen LogP) is 2.93. The number of hydrogen-bond donors (Lipinski definition) is 2. The Hall–Kier alpha value is -2.44. The summed E-state index contributed by atoms with van der Waals surface area (Å²) in [5.41, 5.74) is 2.52. The highest BCUT2D eigenvalue weighted by atomic mass is 32.1. The summed E-state index contributed by atoms with van der Waals surface area (Å²) >= 11 is 1.50. The van der Waals surface area contributed by atoms with Gasteiger partial charge in [0.05, 0.1) is 29.6 Å². The van der Waals surface area contributed by atoms with Crippen molar-refractivity contribution in [3.8, 4) is 0 Å². The van der Waals surface area contributed by atoms with E-state index in [0.29, 0.717) is 23.2 Å². The lowest BCUT2D eigenvalue weighted by atomic mass is 10.0. The van der Waals surface area contributed by atoms with Crippen molar-refractivity contribution in [3.05, 3.63) is 58.0 Å². The molecule has 0 spiro atoms. The first-order chi connectivity index (χ1) is 13.5. The van der Waals surface area contributed by atoms with E-state index < -0.39 is 0 Å². The molecule has 2 N–H and O–H groups in total. The van der Waals surface area contributed by atoms with Crippen molar-refractivity contribution >= 4 is 34.3 Å². The summed E-state index contributed by atoms with van der Waals surface area (Å²) in [6, 6.07) is 10.2. The standard InChI is InChI=1S/C22H26N2O3S/c1-4-27-22(26)20-17-12-13-24(15(2)3)14-18(17)28-21(20)23-19(25)11-10-16-8-6-5-7-9-16/h5-11,15H,4,12-14H2,1-3H3,(H,23,25)/p+1/b11-10-. The quantitative estimate of drug-likeness (QED) is 0.580. The van der Waals surface area contributed by atoms with Crippen LogP contribution in [0.3, 0.4) is 0 Å². The van der Waals surface area contributed by atoms with Crippen LogP contribution in [0.5, 0.6) is 0 Å². The molecule has 3 rings (SSSR count). The van der Waals surface area contributed by atoms with Gasteiger partial charge in [-0.05, 0) is 38.0 Å². The molecule has 0 fully saturated rings. The zero-order chi connectivity index (χ0) is 20.1. The molecule has 2 aromatic rings. The zero-order valence-electron chi connectivity index (χ0n) is 16.6. The van der Waals surface area contributed by atoms with Crippen LogP contribution in [0.2, 0.25) is 0 Å². The van der Waals surface area contributed by atoms with Gasteiger partial charge in [-0.2, -0.15) is 0 Å². The highest BCUT2D eigenvalue weighted by molar-refractivity contribution is 7.17. The molecule has 5 nitrogen and oxygen atoms in total. The Labute approximate surface area is 170 Å².